The second-order valence-corrected chi connectivity index (χ2v) is 34.8. The molecule has 0 saturated carbocycles. The van der Waals surface area contributed by atoms with Gasteiger partial charge < -0.3 is 167 Å². The van der Waals surface area contributed by atoms with E-state index in [0.29, 0.717) is 12.8 Å². The highest BCUT2D eigenvalue weighted by Crippen LogP contribution is 2.32. The Labute approximate surface area is 867 Å². The van der Waals surface area contributed by atoms with Gasteiger partial charge in [0.2, 0.25) is 53.2 Å². The van der Waals surface area contributed by atoms with Gasteiger partial charge in [-0.3, -0.25) is 86.3 Å². The van der Waals surface area contributed by atoms with Crippen molar-refractivity contribution in [3.63, 3.8) is 0 Å². The fourth-order valence-corrected chi connectivity index (χ4v) is 15.2. The molecule has 53 nitrogen and oxygen atoms in total. The van der Waals surface area contributed by atoms with Gasteiger partial charge in [0.15, 0.2) is 55.5 Å². The average Bonchev–Trinajstić information content (AvgIpc) is 0.792. The highest BCUT2D eigenvalue weighted by Gasteiger charge is 2.55. The van der Waals surface area contributed by atoms with E-state index in [1.54, 1.807) is 0 Å². The number of aliphatic carboxylic acids is 1. The molecule has 3 aliphatic heterocycles. The van der Waals surface area contributed by atoms with Gasteiger partial charge in [-0.05, 0) is 64.2 Å². The molecule has 3 rings (SSSR count). The molecule has 3 saturated heterocycles. The van der Waals surface area contributed by atoms with Crippen LogP contribution in [0.2, 0.25) is 0 Å². The van der Waals surface area contributed by atoms with E-state index in [1.807, 2.05) is 0 Å². The number of unbranched alkanes of at least 4 members (excludes halogenated alkanes) is 11. The number of rotatable bonds is 82. The van der Waals surface area contributed by atoms with E-state index in [-0.39, 0.29) is 209 Å². The van der Waals surface area contributed by atoms with E-state index >= 15 is 0 Å². The summed E-state index contributed by atoms with van der Waals surface area (Å²) < 4.78 is 134. The molecular formula is C96H159N9O44. The van der Waals surface area contributed by atoms with Gasteiger partial charge in [-0.15, -0.1) is 0 Å². The zero-order chi connectivity index (χ0) is 110. The van der Waals surface area contributed by atoms with Crippen molar-refractivity contribution in [1.82, 2.24) is 47.9 Å². The van der Waals surface area contributed by atoms with Crippen LogP contribution in [0.5, 0.6) is 0 Å². The van der Waals surface area contributed by atoms with Gasteiger partial charge in [-0.1, -0.05) is 58.3 Å². The summed E-state index contributed by atoms with van der Waals surface area (Å²) in [6, 6.07) is -7.82. The Morgan fingerprint density at radius 3 is 0.812 bits per heavy atom. The van der Waals surface area contributed by atoms with Crippen molar-refractivity contribution in [3.05, 3.63) is 0 Å². The molecular weight excluding hydrogens is 1980 g/mol. The number of carbonyl (C=O) groups excluding carboxylic acids is 18. The first kappa shape index (κ1) is 132. The molecule has 3 aliphatic rings. The van der Waals surface area contributed by atoms with Crippen LogP contribution < -0.4 is 47.9 Å². The molecule has 2 unspecified atom stereocenters. The van der Waals surface area contributed by atoms with Gasteiger partial charge in [-0.2, -0.15) is 0 Å². The average molecular weight is 2140 g/mol. The number of carboxylic acid groups (broad SMARTS) is 1. The normalized spacial score (nSPS) is 20.9. The van der Waals surface area contributed by atoms with E-state index in [4.69, 9.17) is 114 Å². The maximum Gasteiger partial charge on any atom is 0.326 e. The molecule has 0 bridgehead atoms. The monoisotopic (exact) mass is 2140 g/mol. The van der Waals surface area contributed by atoms with Gasteiger partial charge in [0.1, 0.15) is 94.2 Å². The third-order valence-electron chi connectivity index (χ3n) is 21.8. The van der Waals surface area contributed by atoms with Crippen LogP contribution in [0.1, 0.15) is 212 Å². The summed E-state index contributed by atoms with van der Waals surface area (Å²) in [5.74, 6) is -13.5. The zero-order valence-corrected chi connectivity index (χ0v) is 87.9. The van der Waals surface area contributed by atoms with Gasteiger partial charge in [0.25, 0.3) is 0 Å². The third kappa shape index (κ3) is 62.0. The van der Waals surface area contributed by atoms with Gasteiger partial charge >= 0.3 is 59.7 Å². The fourth-order valence-electron chi connectivity index (χ4n) is 15.2. The van der Waals surface area contributed by atoms with E-state index in [2.05, 4.69) is 54.8 Å². The molecule has 3 heterocycles. The second-order valence-electron chi connectivity index (χ2n) is 34.8. The highest BCUT2D eigenvalue weighted by molar-refractivity contribution is 5.93. The van der Waals surface area contributed by atoms with Crippen LogP contribution in [0.3, 0.4) is 0 Å². The number of ether oxygens (including phenoxy) is 24. The summed E-state index contributed by atoms with van der Waals surface area (Å²) in [5.41, 5.74) is 0. The summed E-state index contributed by atoms with van der Waals surface area (Å²) in [5, 5.41) is 34.5. The Kier molecular flexibility index (Phi) is 70.6. The van der Waals surface area contributed by atoms with Crippen molar-refractivity contribution in [1.29, 1.82) is 0 Å². The predicted octanol–water partition coefficient (Wildman–Crippen LogP) is -0.527. The summed E-state index contributed by atoms with van der Waals surface area (Å²) in [7, 11) is 0. The maximum absolute atomic E-state index is 14.6. The Morgan fingerprint density at radius 2 is 0.523 bits per heavy atom. The SMILES string of the molecule is CCCCCCCCCCCC(=O)NCCCC[C@H](NC(=O)[C@H](CCCCNC(=O)COCCOCCOCCO[C@@H]1O[C@H](COC(C)=O)[C@H](OC(C)=O)[C@H](OC(C)=O)C1NC(C)=O)NC(=O)[C@H](CCCCNC(=O)COCCOCCOCCO[C@@H]1O[C@H](COC(C)=O)[C@H](OC(C)=O)[C@H](OC(C)=O)[C@H]1NC(C)=O)NC(=O)COCCOCCOCCO[C@@H]1O[C@H](COC(C)=O)[C@H](OC(C)=O)[C@H](OC(C)=O)C1NC(C)=O)C(=O)O. The number of amides is 9. The lowest BCUT2D eigenvalue weighted by Crippen LogP contribution is -2.66. The van der Waals surface area contributed by atoms with Crippen molar-refractivity contribution < 1.29 is 210 Å². The van der Waals surface area contributed by atoms with E-state index < -0.39 is 243 Å². The lowest BCUT2D eigenvalue weighted by atomic mass is 9.96. The fraction of sp³-hybridized carbons (Fsp3) is 0.802. The quantitative estimate of drug-likeness (QED) is 0.0208. The molecule has 852 valence electrons. The molecule has 0 radical (unpaired) electrons. The minimum Gasteiger partial charge on any atom is -0.480 e. The van der Waals surface area contributed by atoms with E-state index in [0.717, 1.165) is 94.4 Å². The van der Waals surface area contributed by atoms with Crippen LogP contribution in [0.25, 0.3) is 0 Å². The number of nitrogens with one attached hydrogen (secondary N) is 9. The standard InChI is InChI=1S/C96H159N9O44/c1-14-15-16-17-18-19-20-21-22-32-78(118)97-33-28-25-31-74(93(124)125)105-92(123)73(30-24-27-35-99-80(120)58-133-46-43-127-37-40-130-49-52-136-95-83(101-61(3)107)89(145-70(12)116)86(142-67(9)113)76(148-95)55-139-64(6)110)104-91(122)72(103-81(121)59-134-47-44-128-38-41-131-50-53-137-96-84(102-62(4)108)90(146-71(13)117)87(143-68(10)114)77(149-96)56-140-65(7)111)29-23-26-34-98-79(119)57-132-45-42-126-36-39-129-48-51-135-94-82(100-60(2)106)88(144-69(11)115)85(141-66(8)112)75(147-94)54-138-63(5)109/h72-77,82-90,94-96H,14-59H2,1-13H3,(H,97,118)(H,98,119)(H,99,120)(H,100,106)(H,101,107)(H,102,108)(H,103,121)(H,104,122)(H,105,123)(H,124,125)/t72-,73-,74-,75+,76+,77+,82+,83?,84?,85-,86-,87-,88+,89+,90+,94+,95+,96+/m0/s1. The van der Waals surface area contributed by atoms with Crippen LogP contribution >= 0.6 is 0 Å². The maximum atomic E-state index is 14.6. The van der Waals surface area contributed by atoms with Crippen molar-refractivity contribution >= 4 is 113 Å². The largest absolute Gasteiger partial charge is 0.480 e. The van der Waals surface area contributed by atoms with Crippen LogP contribution in [-0.2, 0) is 205 Å². The second kappa shape index (κ2) is 79.4. The molecule has 18 atom stereocenters. The number of carboxylic acids is 1. The number of esters is 9. The summed E-state index contributed by atoms with van der Waals surface area (Å²) in [4.78, 5) is 240. The lowest BCUT2D eigenvalue weighted by molar-refractivity contribution is -0.279. The molecule has 0 aliphatic carbocycles. The minimum absolute atomic E-state index is 0.00813. The summed E-state index contributed by atoms with van der Waals surface area (Å²) >= 11 is 0. The Morgan fingerprint density at radius 1 is 0.268 bits per heavy atom. The molecule has 53 heteroatoms. The van der Waals surface area contributed by atoms with Crippen molar-refractivity contribution in [3.8, 4) is 0 Å². The minimum atomic E-state index is -1.45. The predicted molar refractivity (Wildman–Crippen MR) is 513 cm³/mol. The smallest absolute Gasteiger partial charge is 0.326 e. The molecule has 0 spiro atoms. The van der Waals surface area contributed by atoms with Gasteiger partial charge in [-0.25, -0.2) is 4.79 Å². The van der Waals surface area contributed by atoms with Crippen LogP contribution in [-0.4, -0.2) is 406 Å². The van der Waals surface area contributed by atoms with Crippen LogP contribution in [0.15, 0.2) is 0 Å². The topological polar surface area (TPSA) is 674 Å². The summed E-state index contributed by atoms with van der Waals surface area (Å²) in [6.45, 7) is 13.2. The van der Waals surface area contributed by atoms with Crippen LogP contribution in [0.4, 0.5) is 0 Å². The molecule has 0 aromatic heterocycles. The Hall–Kier alpha value is -10.7. The molecule has 149 heavy (non-hydrogen) atoms. The Balaban J connectivity index is 1.70. The van der Waals surface area contributed by atoms with E-state index in [9.17, 15) is 96.2 Å². The molecule has 10 N–H and O–H groups in total. The first-order chi connectivity index (χ1) is 71.2. The molecule has 3 fully saturated rings. The number of hydrogen-bond donors (Lipinski definition) is 10. The molecule has 9 amide bonds. The molecule has 0 aromatic rings. The highest BCUT2D eigenvalue weighted by atomic mass is 16.7. The lowest BCUT2D eigenvalue weighted by Gasteiger charge is -2.44. The van der Waals surface area contributed by atoms with Crippen molar-refractivity contribution in [2.45, 2.75) is 322 Å². The van der Waals surface area contributed by atoms with Crippen molar-refractivity contribution in [2.75, 3.05) is 178 Å². The van der Waals surface area contributed by atoms with Gasteiger partial charge in [0, 0.05) is 109 Å². The third-order valence-corrected chi connectivity index (χ3v) is 21.8. The van der Waals surface area contributed by atoms with E-state index in [1.165, 1.54) is 46.5 Å². The van der Waals surface area contributed by atoms with Crippen LogP contribution in [0, 0.1) is 0 Å². The zero-order valence-electron chi connectivity index (χ0n) is 87.9. The van der Waals surface area contributed by atoms with Gasteiger partial charge in [0.05, 0.1) is 119 Å². The number of carbonyl (C=O) groups is 19. The van der Waals surface area contributed by atoms with Crippen molar-refractivity contribution in [2.24, 2.45) is 0 Å². The molecule has 0 aromatic carbocycles. The summed E-state index contributed by atoms with van der Waals surface area (Å²) in [6.07, 6.45) is -4.12. The first-order valence-electron chi connectivity index (χ1n) is 50.4. The first-order valence-corrected chi connectivity index (χ1v) is 50.4. The Bertz CT molecular complexity index is 4030. The number of hydrogen-bond acceptors (Lipinski definition) is 43.